The second-order valence-electron chi connectivity index (χ2n) is 9.18. The van der Waals surface area contributed by atoms with Gasteiger partial charge in [-0.1, -0.05) is 30.3 Å². The molecule has 1 aliphatic heterocycles. The van der Waals surface area contributed by atoms with E-state index in [1.165, 1.54) is 14.0 Å². The molecular weight excluding hydrogens is 460 g/mol. The van der Waals surface area contributed by atoms with Crippen LogP contribution in [0.1, 0.15) is 11.4 Å². The van der Waals surface area contributed by atoms with Crippen LogP contribution >= 0.6 is 0 Å². The van der Waals surface area contributed by atoms with E-state index in [4.69, 9.17) is 10.8 Å². The number of amides is 1. The number of aryl methyl sites for hydroxylation is 2. The molecule has 4 aromatic rings. The van der Waals surface area contributed by atoms with Gasteiger partial charge >= 0.3 is 11.8 Å². The van der Waals surface area contributed by atoms with Gasteiger partial charge in [0.2, 0.25) is 5.95 Å². The fraction of sp³-hybridized carbons (Fsp3) is 0.320. The van der Waals surface area contributed by atoms with Crippen molar-refractivity contribution in [1.82, 2.24) is 33.9 Å². The SMILES string of the molecule is Cc1cc(-c2c(-c3ccccc3)nc(N)n3c(=O)n(C[C@H]4CN(C(=O)O)CCN4C)nc23)cc(C)n1. The third-order valence-electron chi connectivity index (χ3n) is 6.60. The lowest BCUT2D eigenvalue weighted by molar-refractivity contribution is 0.0748. The van der Waals surface area contributed by atoms with Gasteiger partial charge in [-0.15, -0.1) is 5.10 Å². The Morgan fingerprint density at radius 1 is 1.08 bits per heavy atom. The number of fused-ring (bicyclic) bond motifs is 1. The molecule has 11 heteroatoms. The number of nitrogens with zero attached hydrogens (tertiary/aromatic N) is 7. The molecule has 0 saturated carbocycles. The molecule has 0 aliphatic carbocycles. The summed E-state index contributed by atoms with van der Waals surface area (Å²) in [6.07, 6.45) is -0.970. The maximum absolute atomic E-state index is 13.5. The summed E-state index contributed by atoms with van der Waals surface area (Å²) in [5.74, 6) is 0.0375. The highest BCUT2D eigenvalue weighted by Gasteiger charge is 2.29. The summed E-state index contributed by atoms with van der Waals surface area (Å²) >= 11 is 0. The quantitative estimate of drug-likeness (QED) is 0.446. The molecule has 0 bridgehead atoms. The van der Waals surface area contributed by atoms with Crippen molar-refractivity contribution in [2.75, 3.05) is 32.4 Å². The zero-order valence-electron chi connectivity index (χ0n) is 20.4. The smallest absolute Gasteiger partial charge is 0.407 e. The molecule has 1 saturated heterocycles. The number of nitrogens with two attached hydrogens (primary N) is 1. The third kappa shape index (κ3) is 4.17. The van der Waals surface area contributed by atoms with Gasteiger partial charge in [0.1, 0.15) is 0 Å². The molecule has 186 valence electrons. The van der Waals surface area contributed by atoms with Gasteiger partial charge in [-0.05, 0) is 38.6 Å². The molecular formula is C25H28N8O3. The van der Waals surface area contributed by atoms with Gasteiger partial charge in [-0.3, -0.25) is 9.88 Å². The average Bonchev–Trinajstić information content (AvgIpc) is 3.16. The van der Waals surface area contributed by atoms with Gasteiger partial charge in [0, 0.05) is 42.6 Å². The van der Waals surface area contributed by atoms with E-state index >= 15 is 0 Å². The highest BCUT2D eigenvalue weighted by Crippen LogP contribution is 2.34. The first-order chi connectivity index (χ1) is 17.2. The Balaban J connectivity index is 1.71. The number of carbonyl (C=O) groups is 1. The average molecular weight is 489 g/mol. The molecule has 1 amide bonds. The first-order valence-electron chi connectivity index (χ1n) is 11.7. The number of carboxylic acid groups (broad SMARTS) is 1. The Morgan fingerprint density at radius 3 is 2.44 bits per heavy atom. The molecule has 0 unspecified atom stereocenters. The second kappa shape index (κ2) is 9.08. The summed E-state index contributed by atoms with van der Waals surface area (Å²) in [5.41, 5.74) is 11.0. The molecule has 1 fully saturated rings. The van der Waals surface area contributed by atoms with E-state index in [-0.39, 0.29) is 25.1 Å². The molecule has 36 heavy (non-hydrogen) atoms. The van der Waals surface area contributed by atoms with Crippen LogP contribution in [0, 0.1) is 13.8 Å². The Morgan fingerprint density at radius 2 is 1.78 bits per heavy atom. The number of likely N-dealkylation sites (N-methyl/N-ethyl adjacent to an activating group) is 1. The highest BCUT2D eigenvalue weighted by atomic mass is 16.4. The molecule has 4 heterocycles. The molecule has 3 aromatic heterocycles. The third-order valence-corrected chi connectivity index (χ3v) is 6.60. The van der Waals surface area contributed by atoms with E-state index < -0.39 is 11.8 Å². The number of aromatic nitrogens is 5. The number of anilines is 1. The van der Waals surface area contributed by atoms with Crippen LogP contribution in [-0.2, 0) is 6.54 Å². The Bertz CT molecular complexity index is 1490. The summed E-state index contributed by atoms with van der Waals surface area (Å²) in [7, 11) is 1.92. The molecule has 1 atom stereocenters. The maximum atomic E-state index is 13.5. The summed E-state index contributed by atoms with van der Waals surface area (Å²) in [4.78, 5) is 37.6. The van der Waals surface area contributed by atoms with Crippen molar-refractivity contribution in [2.45, 2.75) is 26.4 Å². The van der Waals surface area contributed by atoms with Crippen LogP contribution in [0.2, 0.25) is 0 Å². The minimum atomic E-state index is -0.970. The Kier molecular flexibility index (Phi) is 5.92. The lowest BCUT2D eigenvalue weighted by atomic mass is 9.99. The Labute approximate surface area is 207 Å². The number of hydrogen-bond acceptors (Lipinski definition) is 7. The van der Waals surface area contributed by atoms with Gasteiger partial charge < -0.3 is 15.7 Å². The van der Waals surface area contributed by atoms with Crippen LogP contribution in [0.25, 0.3) is 28.0 Å². The second-order valence-corrected chi connectivity index (χ2v) is 9.18. The van der Waals surface area contributed by atoms with Crippen molar-refractivity contribution in [3.05, 3.63) is 64.3 Å². The number of piperazine rings is 1. The van der Waals surface area contributed by atoms with Gasteiger partial charge in [0.15, 0.2) is 5.65 Å². The van der Waals surface area contributed by atoms with Crippen molar-refractivity contribution in [3.63, 3.8) is 0 Å². The lowest BCUT2D eigenvalue weighted by Crippen LogP contribution is -2.55. The van der Waals surface area contributed by atoms with Crippen molar-refractivity contribution >= 4 is 17.7 Å². The fourth-order valence-corrected chi connectivity index (χ4v) is 4.79. The predicted octanol–water partition coefficient (Wildman–Crippen LogP) is 2.11. The van der Waals surface area contributed by atoms with E-state index in [2.05, 4.69) is 9.97 Å². The first kappa shape index (κ1) is 23.5. The minimum absolute atomic E-state index is 0.0375. The van der Waals surface area contributed by atoms with E-state index in [0.29, 0.717) is 30.0 Å². The van der Waals surface area contributed by atoms with Crippen LogP contribution in [0.4, 0.5) is 10.7 Å². The monoisotopic (exact) mass is 488 g/mol. The number of pyridine rings is 1. The van der Waals surface area contributed by atoms with Crippen LogP contribution in [0.3, 0.4) is 0 Å². The number of rotatable bonds is 4. The van der Waals surface area contributed by atoms with Crippen LogP contribution in [-0.4, -0.2) is 77.9 Å². The van der Waals surface area contributed by atoms with Crippen LogP contribution in [0.5, 0.6) is 0 Å². The maximum Gasteiger partial charge on any atom is 0.407 e. The van der Waals surface area contributed by atoms with Crippen LogP contribution in [0.15, 0.2) is 47.3 Å². The van der Waals surface area contributed by atoms with Crippen molar-refractivity contribution in [2.24, 2.45) is 0 Å². The van der Waals surface area contributed by atoms with E-state index in [1.807, 2.05) is 68.3 Å². The van der Waals surface area contributed by atoms with E-state index in [0.717, 1.165) is 22.5 Å². The first-order valence-corrected chi connectivity index (χ1v) is 11.7. The number of nitrogen functional groups attached to an aromatic ring is 1. The van der Waals surface area contributed by atoms with Crippen molar-refractivity contribution in [3.8, 4) is 22.4 Å². The zero-order valence-corrected chi connectivity index (χ0v) is 20.4. The largest absolute Gasteiger partial charge is 0.465 e. The van der Waals surface area contributed by atoms with Gasteiger partial charge in [0.25, 0.3) is 0 Å². The van der Waals surface area contributed by atoms with Crippen molar-refractivity contribution in [1.29, 1.82) is 0 Å². The van der Waals surface area contributed by atoms with Gasteiger partial charge in [-0.2, -0.15) is 0 Å². The van der Waals surface area contributed by atoms with Gasteiger partial charge in [-0.25, -0.2) is 23.7 Å². The highest BCUT2D eigenvalue weighted by molar-refractivity contribution is 5.90. The molecule has 5 rings (SSSR count). The normalized spacial score (nSPS) is 16.5. The molecule has 0 radical (unpaired) electrons. The molecule has 11 nitrogen and oxygen atoms in total. The van der Waals surface area contributed by atoms with Crippen molar-refractivity contribution < 1.29 is 9.90 Å². The topological polar surface area (TPSA) is 135 Å². The van der Waals surface area contributed by atoms with Crippen LogP contribution < -0.4 is 11.4 Å². The Hall–Kier alpha value is -4.25. The summed E-state index contributed by atoms with van der Waals surface area (Å²) < 4.78 is 2.68. The number of benzene rings is 1. The molecule has 0 spiro atoms. The molecule has 1 aliphatic rings. The summed E-state index contributed by atoms with van der Waals surface area (Å²) in [6, 6.07) is 13.3. The summed E-state index contributed by atoms with van der Waals surface area (Å²) in [6.45, 7) is 5.32. The summed E-state index contributed by atoms with van der Waals surface area (Å²) in [5, 5.41) is 14.2. The fourth-order valence-electron chi connectivity index (χ4n) is 4.79. The predicted molar refractivity (Wildman–Crippen MR) is 136 cm³/mol. The lowest BCUT2D eigenvalue weighted by Gasteiger charge is -2.37. The minimum Gasteiger partial charge on any atom is -0.465 e. The van der Waals surface area contributed by atoms with E-state index in [9.17, 15) is 14.7 Å². The van der Waals surface area contributed by atoms with E-state index in [1.54, 1.807) is 0 Å². The zero-order chi connectivity index (χ0) is 25.6. The molecule has 1 aromatic carbocycles. The number of hydrogen-bond donors (Lipinski definition) is 2. The molecule has 3 N–H and O–H groups in total. The standard InChI is InChI=1S/C25H28N8O3/c1-15-11-18(12-16(2)27-15)20-21(17-7-5-4-6-8-17)28-23(26)33-22(20)29-32(24(33)34)14-19-13-31(25(35)36)10-9-30(19)3/h4-8,11-12,19H,9-10,13-14H2,1-3H3,(H2,26,28)(H,35,36)/t19-/m1/s1. The van der Waals surface area contributed by atoms with Gasteiger partial charge in [0.05, 0.1) is 17.8 Å².